The third-order valence-electron chi connectivity index (χ3n) is 4.91. The monoisotopic (exact) mass is 451 g/mol. The number of amides is 1. The molecule has 0 bridgehead atoms. The lowest BCUT2D eigenvalue weighted by Gasteiger charge is -2.18. The fourth-order valence-corrected chi connectivity index (χ4v) is 4.21. The number of benzene rings is 3. The lowest BCUT2D eigenvalue weighted by Crippen LogP contribution is -2.28. The summed E-state index contributed by atoms with van der Waals surface area (Å²) in [7, 11) is 1.69. The molecule has 0 aliphatic heterocycles. The minimum Gasteiger partial charge on any atom is -0.341 e. The van der Waals surface area contributed by atoms with Crippen LogP contribution >= 0.6 is 11.8 Å². The maximum atomic E-state index is 14.6. The first-order valence-electron chi connectivity index (χ1n) is 9.82. The number of carbonyl (C=O) groups excluding carboxylic acids is 1. The van der Waals surface area contributed by atoms with Gasteiger partial charge in [-0.15, -0.1) is 0 Å². The van der Waals surface area contributed by atoms with E-state index in [-0.39, 0.29) is 22.5 Å². The van der Waals surface area contributed by atoms with Crippen LogP contribution in [0.1, 0.15) is 5.56 Å². The topological polar surface area (TPSA) is 55.2 Å². The van der Waals surface area contributed by atoms with E-state index < -0.39 is 17.2 Å². The zero-order valence-electron chi connectivity index (χ0n) is 17.2. The van der Waals surface area contributed by atoms with Gasteiger partial charge in [-0.1, -0.05) is 54.2 Å². The average molecular weight is 451 g/mol. The zero-order chi connectivity index (χ0) is 22.7. The molecule has 0 saturated heterocycles. The fraction of sp³-hybridized carbons (Fsp3) is 0.125. The van der Waals surface area contributed by atoms with Crippen molar-refractivity contribution in [3.05, 3.63) is 100 Å². The number of hydrogen-bond donors (Lipinski definition) is 0. The molecule has 0 aliphatic carbocycles. The van der Waals surface area contributed by atoms with Gasteiger partial charge >= 0.3 is 0 Å². The summed E-state index contributed by atoms with van der Waals surface area (Å²) < 4.78 is 29.1. The number of halogens is 2. The molecule has 0 spiro atoms. The normalized spacial score (nSPS) is 11.0. The summed E-state index contributed by atoms with van der Waals surface area (Å²) in [5, 5.41) is 0.453. The molecule has 8 heteroatoms. The lowest BCUT2D eigenvalue weighted by molar-refractivity contribution is -0.127. The molecule has 0 fully saturated rings. The highest BCUT2D eigenvalue weighted by atomic mass is 32.2. The van der Waals surface area contributed by atoms with E-state index in [1.54, 1.807) is 36.2 Å². The van der Waals surface area contributed by atoms with Gasteiger partial charge in [0.2, 0.25) is 5.91 Å². The van der Waals surface area contributed by atoms with E-state index >= 15 is 0 Å². The molecule has 1 aromatic heterocycles. The summed E-state index contributed by atoms with van der Waals surface area (Å²) in [6, 6.07) is 19.2. The molecule has 162 valence electrons. The average Bonchev–Trinajstić information content (AvgIpc) is 2.79. The number of thioether (sulfide) groups is 1. The second-order valence-electron chi connectivity index (χ2n) is 7.17. The van der Waals surface area contributed by atoms with Crippen LogP contribution in [0.4, 0.5) is 8.78 Å². The van der Waals surface area contributed by atoms with E-state index in [0.717, 1.165) is 28.0 Å². The number of para-hydroxylation sites is 1. The summed E-state index contributed by atoms with van der Waals surface area (Å²) in [6.07, 6.45) is 0. The van der Waals surface area contributed by atoms with Crippen molar-refractivity contribution >= 4 is 28.6 Å². The Morgan fingerprint density at radius 3 is 2.50 bits per heavy atom. The van der Waals surface area contributed by atoms with E-state index in [4.69, 9.17) is 0 Å². The molecule has 0 unspecified atom stereocenters. The van der Waals surface area contributed by atoms with Crippen LogP contribution in [0.3, 0.4) is 0 Å². The van der Waals surface area contributed by atoms with Crippen LogP contribution < -0.4 is 5.56 Å². The van der Waals surface area contributed by atoms with Gasteiger partial charge in [0.15, 0.2) is 5.16 Å². The standard InChI is InChI=1S/C24H19F2N3O2S/c1-28(14-16-7-3-2-4-8-16)22(30)15-32-24-27-20-10-6-5-9-18(20)23(31)29(24)21-12-11-17(25)13-19(21)26/h2-13H,14-15H2,1H3. The first-order valence-corrected chi connectivity index (χ1v) is 10.8. The first-order chi connectivity index (χ1) is 15.4. The zero-order valence-corrected chi connectivity index (χ0v) is 18.0. The Labute approximate surface area is 187 Å². The van der Waals surface area contributed by atoms with E-state index in [1.807, 2.05) is 30.3 Å². The van der Waals surface area contributed by atoms with Gasteiger partial charge in [-0.3, -0.25) is 14.2 Å². The number of hydrogen-bond acceptors (Lipinski definition) is 4. The van der Waals surface area contributed by atoms with Gasteiger partial charge < -0.3 is 4.90 Å². The highest BCUT2D eigenvalue weighted by Crippen LogP contribution is 2.23. The number of aromatic nitrogens is 2. The molecule has 5 nitrogen and oxygen atoms in total. The van der Waals surface area contributed by atoms with Crippen molar-refractivity contribution in [2.24, 2.45) is 0 Å². The second-order valence-corrected chi connectivity index (χ2v) is 8.11. The Morgan fingerprint density at radius 2 is 1.75 bits per heavy atom. The van der Waals surface area contributed by atoms with Crippen LogP contribution in [0.25, 0.3) is 16.6 Å². The van der Waals surface area contributed by atoms with Crippen LogP contribution in [-0.2, 0) is 11.3 Å². The number of rotatable bonds is 6. The van der Waals surface area contributed by atoms with Crippen LogP contribution in [0.5, 0.6) is 0 Å². The van der Waals surface area contributed by atoms with Crippen molar-refractivity contribution in [1.29, 1.82) is 0 Å². The van der Waals surface area contributed by atoms with Crippen LogP contribution in [0.2, 0.25) is 0 Å². The summed E-state index contributed by atoms with van der Waals surface area (Å²) >= 11 is 1.03. The molecule has 0 aliphatic rings. The van der Waals surface area contributed by atoms with Gasteiger partial charge in [-0.05, 0) is 29.8 Å². The summed E-state index contributed by atoms with van der Waals surface area (Å²) in [5.41, 5.74) is 0.808. The molecule has 0 N–H and O–H groups in total. The van der Waals surface area contributed by atoms with E-state index in [0.29, 0.717) is 23.5 Å². The maximum absolute atomic E-state index is 14.6. The SMILES string of the molecule is CN(Cc1ccccc1)C(=O)CSc1nc2ccccc2c(=O)n1-c1ccc(F)cc1F. The van der Waals surface area contributed by atoms with E-state index in [9.17, 15) is 18.4 Å². The largest absolute Gasteiger partial charge is 0.341 e. The fourth-order valence-electron chi connectivity index (χ4n) is 3.27. The number of carbonyl (C=O) groups is 1. The van der Waals surface area contributed by atoms with Gasteiger partial charge in [0.05, 0.1) is 22.3 Å². The lowest BCUT2D eigenvalue weighted by atomic mass is 10.2. The minimum atomic E-state index is -0.890. The van der Waals surface area contributed by atoms with Crippen molar-refractivity contribution in [1.82, 2.24) is 14.5 Å². The van der Waals surface area contributed by atoms with Gasteiger partial charge in [0.1, 0.15) is 11.6 Å². The molecular weight excluding hydrogens is 432 g/mol. The van der Waals surface area contributed by atoms with E-state index in [2.05, 4.69) is 4.98 Å². The molecule has 1 amide bonds. The van der Waals surface area contributed by atoms with Crippen LogP contribution in [0.15, 0.2) is 82.7 Å². The van der Waals surface area contributed by atoms with Crippen molar-refractivity contribution in [2.75, 3.05) is 12.8 Å². The molecule has 1 heterocycles. The Balaban J connectivity index is 1.67. The molecule has 0 atom stereocenters. The molecule has 32 heavy (non-hydrogen) atoms. The third kappa shape index (κ3) is 4.55. The van der Waals surface area contributed by atoms with Crippen LogP contribution in [0, 0.1) is 11.6 Å². The Kier molecular flexibility index (Phi) is 6.32. The summed E-state index contributed by atoms with van der Waals surface area (Å²) in [6.45, 7) is 0.435. The van der Waals surface area contributed by atoms with Gasteiger partial charge in [0, 0.05) is 19.7 Å². The van der Waals surface area contributed by atoms with Crippen molar-refractivity contribution in [2.45, 2.75) is 11.7 Å². The summed E-state index contributed by atoms with van der Waals surface area (Å²) in [5.74, 6) is -1.82. The molecule has 4 aromatic rings. The van der Waals surface area contributed by atoms with Crippen molar-refractivity contribution in [3.63, 3.8) is 0 Å². The Hall–Kier alpha value is -3.52. The third-order valence-corrected chi connectivity index (χ3v) is 5.83. The Bertz CT molecular complexity index is 1340. The predicted molar refractivity (Wildman–Crippen MR) is 121 cm³/mol. The number of fused-ring (bicyclic) bond motifs is 1. The minimum absolute atomic E-state index is 0.00305. The second kappa shape index (κ2) is 9.32. The van der Waals surface area contributed by atoms with Gasteiger partial charge in [0.25, 0.3) is 5.56 Å². The smallest absolute Gasteiger partial charge is 0.266 e. The highest BCUT2D eigenvalue weighted by Gasteiger charge is 2.18. The van der Waals surface area contributed by atoms with Crippen molar-refractivity contribution < 1.29 is 13.6 Å². The van der Waals surface area contributed by atoms with E-state index in [1.165, 1.54) is 6.07 Å². The van der Waals surface area contributed by atoms with Gasteiger partial charge in [-0.2, -0.15) is 0 Å². The summed E-state index contributed by atoms with van der Waals surface area (Å²) in [4.78, 5) is 31.9. The number of nitrogens with zero attached hydrogens (tertiary/aromatic N) is 3. The van der Waals surface area contributed by atoms with Crippen molar-refractivity contribution in [3.8, 4) is 5.69 Å². The predicted octanol–water partition coefficient (Wildman–Crippen LogP) is 4.41. The first kappa shape index (κ1) is 21.7. The molecular formula is C24H19F2N3O2S. The quantitative estimate of drug-likeness (QED) is 0.322. The molecule has 4 rings (SSSR count). The highest BCUT2D eigenvalue weighted by molar-refractivity contribution is 7.99. The van der Waals surface area contributed by atoms with Crippen LogP contribution in [-0.4, -0.2) is 33.2 Å². The Morgan fingerprint density at radius 1 is 1.03 bits per heavy atom. The molecule has 0 radical (unpaired) electrons. The maximum Gasteiger partial charge on any atom is 0.266 e. The molecule has 0 saturated carbocycles. The van der Waals surface area contributed by atoms with Gasteiger partial charge in [-0.25, -0.2) is 13.8 Å². The molecule has 3 aromatic carbocycles.